The van der Waals surface area contributed by atoms with Gasteiger partial charge in [0.25, 0.3) is 5.91 Å². The molecule has 1 aromatic heterocycles. The van der Waals surface area contributed by atoms with Gasteiger partial charge < -0.3 is 5.32 Å². The van der Waals surface area contributed by atoms with Crippen molar-refractivity contribution in [2.24, 2.45) is 0 Å². The zero-order valence-electron chi connectivity index (χ0n) is 12.1. The maximum Gasteiger partial charge on any atom is 0.417 e. The summed E-state index contributed by atoms with van der Waals surface area (Å²) < 4.78 is 37.9. The van der Waals surface area contributed by atoms with E-state index in [2.05, 4.69) is 10.3 Å². The molecule has 0 fully saturated rings. The van der Waals surface area contributed by atoms with E-state index in [1.165, 1.54) is 19.1 Å². The number of nitrogens with zero attached hydrogens (tertiary/aromatic N) is 1. The van der Waals surface area contributed by atoms with Crippen LogP contribution in [0, 0.1) is 0 Å². The van der Waals surface area contributed by atoms with Crippen LogP contribution in [0.15, 0.2) is 30.5 Å². The summed E-state index contributed by atoms with van der Waals surface area (Å²) in [7, 11) is 0. The van der Waals surface area contributed by atoms with E-state index in [0.29, 0.717) is 6.20 Å². The topological polar surface area (TPSA) is 42.0 Å². The van der Waals surface area contributed by atoms with Gasteiger partial charge in [0.2, 0.25) is 0 Å². The molecule has 0 aliphatic heterocycles. The molecule has 0 saturated heterocycles. The molecule has 24 heavy (non-hydrogen) atoms. The number of carbonyl (C=O) groups is 1. The second-order valence-corrected chi connectivity index (χ2v) is 6.10. The summed E-state index contributed by atoms with van der Waals surface area (Å²) in [6.45, 7) is 1.53. The molecule has 0 aliphatic carbocycles. The third-order valence-electron chi connectivity index (χ3n) is 3.14. The fourth-order valence-corrected chi connectivity index (χ4v) is 2.87. The standard InChI is InChI=1S/C15H10Cl3F3N2O/c1-7(13-11(18)5-8(6-22-13)15(19,20)21)23-14(24)12-9(16)3-2-4-10(12)17/h2-7H,1H3,(H,23,24). The van der Waals surface area contributed by atoms with Gasteiger partial charge in [0, 0.05) is 6.20 Å². The normalized spacial score (nSPS) is 12.8. The number of halogens is 6. The summed E-state index contributed by atoms with van der Waals surface area (Å²) in [6, 6.07) is 4.58. The van der Waals surface area contributed by atoms with Crippen LogP contribution in [0.2, 0.25) is 15.1 Å². The number of carbonyl (C=O) groups excluding carboxylic acids is 1. The Morgan fingerprint density at radius 3 is 2.25 bits per heavy atom. The van der Waals surface area contributed by atoms with E-state index < -0.39 is 23.7 Å². The Morgan fingerprint density at radius 1 is 1.17 bits per heavy atom. The maximum absolute atomic E-state index is 12.6. The number of alkyl halides is 3. The van der Waals surface area contributed by atoms with Crippen molar-refractivity contribution in [1.29, 1.82) is 0 Å². The number of aromatic nitrogens is 1. The Labute approximate surface area is 150 Å². The lowest BCUT2D eigenvalue weighted by Gasteiger charge is -2.17. The first-order valence-electron chi connectivity index (χ1n) is 6.58. The highest BCUT2D eigenvalue weighted by molar-refractivity contribution is 6.39. The van der Waals surface area contributed by atoms with Gasteiger partial charge in [-0.15, -0.1) is 0 Å². The number of hydrogen-bond donors (Lipinski definition) is 1. The molecule has 0 saturated carbocycles. The molecule has 0 spiro atoms. The summed E-state index contributed by atoms with van der Waals surface area (Å²) in [5.74, 6) is -0.587. The predicted octanol–water partition coefficient (Wildman–Crippen LogP) is 5.55. The van der Waals surface area contributed by atoms with E-state index in [0.717, 1.165) is 6.07 Å². The highest BCUT2D eigenvalue weighted by Crippen LogP contribution is 2.32. The number of rotatable bonds is 3. The molecule has 2 aromatic rings. The van der Waals surface area contributed by atoms with Crippen LogP contribution in [0.3, 0.4) is 0 Å². The van der Waals surface area contributed by atoms with Crippen molar-refractivity contribution in [3.8, 4) is 0 Å². The molecular weight excluding hydrogens is 388 g/mol. The molecule has 0 bridgehead atoms. The van der Waals surface area contributed by atoms with Crippen LogP contribution < -0.4 is 5.32 Å². The van der Waals surface area contributed by atoms with E-state index in [-0.39, 0.29) is 26.3 Å². The molecule has 3 nitrogen and oxygen atoms in total. The quantitative estimate of drug-likeness (QED) is 0.737. The molecule has 1 aromatic carbocycles. The van der Waals surface area contributed by atoms with E-state index in [4.69, 9.17) is 34.8 Å². The molecule has 2 rings (SSSR count). The molecule has 9 heteroatoms. The molecule has 0 radical (unpaired) electrons. The summed E-state index contributed by atoms with van der Waals surface area (Å²) in [4.78, 5) is 16.0. The van der Waals surface area contributed by atoms with Gasteiger partial charge in [-0.1, -0.05) is 40.9 Å². The van der Waals surface area contributed by atoms with Crippen molar-refractivity contribution in [2.45, 2.75) is 19.1 Å². The number of hydrogen-bond acceptors (Lipinski definition) is 2. The highest BCUT2D eigenvalue weighted by atomic mass is 35.5. The molecule has 0 aliphatic rings. The fourth-order valence-electron chi connectivity index (χ4n) is 1.97. The van der Waals surface area contributed by atoms with Crippen molar-refractivity contribution in [3.63, 3.8) is 0 Å². The van der Waals surface area contributed by atoms with E-state index in [1.54, 1.807) is 6.07 Å². The monoisotopic (exact) mass is 396 g/mol. The van der Waals surface area contributed by atoms with Gasteiger partial charge in [0.05, 0.1) is 37.9 Å². The minimum atomic E-state index is -4.55. The first kappa shape index (κ1) is 18.8. The molecule has 1 amide bonds. The zero-order chi connectivity index (χ0) is 18.1. The molecular formula is C15H10Cl3F3N2O. The second-order valence-electron chi connectivity index (χ2n) is 4.88. The van der Waals surface area contributed by atoms with Gasteiger partial charge in [0.15, 0.2) is 0 Å². The van der Waals surface area contributed by atoms with Crippen LogP contribution in [0.5, 0.6) is 0 Å². The molecule has 1 unspecified atom stereocenters. The van der Waals surface area contributed by atoms with Crippen LogP contribution in [0.25, 0.3) is 0 Å². The van der Waals surface area contributed by atoms with Crippen molar-refractivity contribution < 1.29 is 18.0 Å². The Balaban J connectivity index is 2.24. The van der Waals surface area contributed by atoms with Gasteiger partial charge in [-0.25, -0.2) is 0 Å². The summed E-state index contributed by atoms with van der Waals surface area (Å²) in [5, 5.41) is 2.65. The molecule has 128 valence electrons. The SMILES string of the molecule is CC(NC(=O)c1c(Cl)cccc1Cl)c1ncc(C(F)(F)F)cc1Cl. The number of nitrogens with one attached hydrogen (secondary N) is 1. The predicted molar refractivity (Wildman–Crippen MR) is 86.6 cm³/mol. The van der Waals surface area contributed by atoms with E-state index >= 15 is 0 Å². The van der Waals surface area contributed by atoms with E-state index in [1.807, 2.05) is 0 Å². The van der Waals surface area contributed by atoms with Gasteiger partial charge in [-0.3, -0.25) is 9.78 Å². The highest BCUT2D eigenvalue weighted by Gasteiger charge is 2.32. The van der Waals surface area contributed by atoms with Crippen LogP contribution in [-0.4, -0.2) is 10.9 Å². The number of benzene rings is 1. The van der Waals surface area contributed by atoms with Gasteiger partial charge >= 0.3 is 6.18 Å². The zero-order valence-corrected chi connectivity index (χ0v) is 14.4. The fraction of sp³-hybridized carbons (Fsp3) is 0.200. The van der Waals surface area contributed by atoms with Crippen molar-refractivity contribution >= 4 is 40.7 Å². The number of amides is 1. The van der Waals surface area contributed by atoms with Crippen LogP contribution >= 0.6 is 34.8 Å². The average Bonchev–Trinajstić information content (AvgIpc) is 2.45. The minimum absolute atomic E-state index is 0.0655. The third-order valence-corrected chi connectivity index (χ3v) is 4.08. The lowest BCUT2D eigenvalue weighted by molar-refractivity contribution is -0.137. The smallest absolute Gasteiger partial charge is 0.344 e. The second kappa shape index (κ2) is 7.17. The van der Waals surface area contributed by atoms with Crippen molar-refractivity contribution in [3.05, 3.63) is 62.4 Å². The first-order valence-corrected chi connectivity index (χ1v) is 7.72. The Kier molecular flexibility index (Phi) is 5.63. The van der Waals surface area contributed by atoms with Crippen molar-refractivity contribution in [1.82, 2.24) is 10.3 Å². The Bertz CT molecular complexity index is 761. The van der Waals surface area contributed by atoms with Gasteiger partial charge in [-0.2, -0.15) is 13.2 Å². The Hall–Kier alpha value is -1.50. The number of pyridine rings is 1. The summed E-state index contributed by atoms with van der Waals surface area (Å²) in [6.07, 6.45) is -3.89. The lowest BCUT2D eigenvalue weighted by Crippen LogP contribution is -2.28. The summed E-state index contributed by atoms with van der Waals surface area (Å²) in [5.41, 5.74) is -0.805. The molecule has 1 N–H and O–H groups in total. The molecule has 1 atom stereocenters. The third kappa shape index (κ3) is 4.12. The maximum atomic E-state index is 12.6. The van der Waals surface area contributed by atoms with Gasteiger partial charge in [-0.05, 0) is 25.1 Å². The lowest BCUT2D eigenvalue weighted by atomic mass is 10.1. The van der Waals surface area contributed by atoms with Crippen LogP contribution in [0.1, 0.15) is 34.6 Å². The first-order chi connectivity index (χ1) is 11.1. The minimum Gasteiger partial charge on any atom is -0.344 e. The van der Waals surface area contributed by atoms with Gasteiger partial charge in [0.1, 0.15) is 0 Å². The van der Waals surface area contributed by atoms with Crippen LogP contribution in [-0.2, 0) is 6.18 Å². The van der Waals surface area contributed by atoms with E-state index in [9.17, 15) is 18.0 Å². The molecule has 1 heterocycles. The average molecular weight is 398 g/mol. The summed E-state index contributed by atoms with van der Waals surface area (Å²) >= 11 is 17.7. The van der Waals surface area contributed by atoms with Crippen molar-refractivity contribution in [2.75, 3.05) is 0 Å². The van der Waals surface area contributed by atoms with Crippen LogP contribution in [0.4, 0.5) is 13.2 Å². The Morgan fingerprint density at radius 2 is 1.75 bits per heavy atom. The largest absolute Gasteiger partial charge is 0.417 e.